The second kappa shape index (κ2) is 10.8. The number of benzene rings is 3. The maximum absolute atomic E-state index is 13.0. The van der Waals surface area contributed by atoms with Crippen LogP contribution < -0.4 is 4.72 Å². The van der Waals surface area contributed by atoms with Crippen molar-refractivity contribution in [1.82, 2.24) is 19.5 Å². The van der Waals surface area contributed by atoms with Gasteiger partial charge in [-0.15, -0.1) is 10.2 Å². The highest BCUT2D eigenvalue weighted by Gasteiger charge is 2.25. The third-order valence-electron chi connectivity index (χ3n) is 5.36. The maximum atomic E-state index is 13.0. The summed E-state index contributed by atoms with van der Waals surface area (Å²) in [4.78, 5) is 0.173. The molecule has 0 radical (unpaired) electrons. The van der Waals surface area contributed by atoms with Crippen LogP contribution in [0, 0.1) is 13.8 Å². The van der Waals surface area contributed by atoms with Gasteiger partial charge in [-0.3, -0.25) is 4.57 Å². The van der Waals surface area contributed by atoms with E-state index in [0.717, 1.165) is 21.3 Å². The van der Waals surface area contributed by atoms with Gasteiger partial charge >= 0.3 is 0 Å². The normalized spacial score (nSPS) is 12.6. The zero-order chi connectivity index (χ0) is 25.2. The first-order valence-corrected chi connectivity index (χ1v) is 14.5. The lowest BCUT2D eigenvalue weighted by Crippen LogP contribution is -2.29. The number of halogens is 2. The average molecular weight is 592 g/mol. The van der Waals surface area contributed by atoms with E-state index >= 15 is 0 Å². The summed E-state index contributed by atoms with van der Waals surface area (Å²) < 4.78 is 31.5. The van der Waals surface area contributed by atoms with Crippen LogP contribution in [-0.2, 0) is 15.8 Å². The van der Waals surface area contributed by atoms with Crippen LogP contribution in [0.15, 0.2) is 81.3 Å². The summed E-state index contributed by atoms with van der Waals surface area (Å²) in [6.07, 6.45) is 0. The quantitative estimate of drug-likeness (QED) is 0.233. The van der Waals surface area contributed by atoms with Gasteiger partial charge in [0.1, 0.15) is 0 Å². The minimum Gasteiger partial charge on any atom is -0.272 e. The second-order valence-corrected chi connectivity index (χ2v) is 12.2. The lowest BCUT2D eigenvalue weighted by molar-refractivity contribution is 0.556. The SMILES string of the molecule is Cc1cccc(CSc2nnc(C(C)NS(=O)(=O)c3ccc(Br)cc3)n2-c2cc(Cl)ccc2C)c1. The molecule has 10 heteroatoms. The second-order valence-electron chi connectivity index (χ2n) is 8.18. The first kappa shape index (κ1) is 25.9. The molecular weight excluding hydrogens is 568 g/mol. The molecule has 1 unspecified atom stereocenters. The van der Waals surface area contributed by atoms with Crippen LogP contribution in [0.4, 0.5) is 0 Å². The highest BCUT2D eigenvalue weighted by Crippen LogP contribution is 2.31. The van der Waals surface area contributed by atoms with E-state index in [1.807, 2.05) is 35.8 Å². The number of rotatable bonds is 8. The van der Waals surface area contributed by atoms with Crippen LogP contribution in [0.25, 0.3) is 5.69 Å². The molecule has 0 aliphatic heterocycles. The van der Waals surface area contributed by atoms with Gasteiger partial charge in [0, 0.05) is 15.2 Å². The van der Waals surface area contributed by atoms with Gasteiger partial charge in [0.25, 0.3) is 0 Å². The Bertz CT molecular complexity index is 1460. The topological polar surface area (TPSA) is 76.9 Å². The fourth-order valence-electron chi connectivity index (χ4n) is 3.62. The summed E-state index contributed by atoms with van der Waals surface area (Å²) in [6, 6.07) is 19.7. The number of nitrogens with zero attached hydrogens (tertiary/aromatic N) is 3. The Morgan fingerprint density at radius 2 is 1.80 bits per heavy atom. The fourth-order valence-corrected chi connectivity index (χ4v) is 6.15. The Kier molecular flexibility index (Phi) is 8.02. The molecule has 6 nitrogen and oxygen atoms in total. The smallest absolute Gasteiger partial charge is 0.241 e. The van der Waals surface area contributed by atoms with E-state index in [9.17, 15) is 8.42 Å². The molecule has 3 aromatic carbocycles. The number of aryl methyl sites for hydroxylation is 2. The Labute approximate surface area is 223 Å². The van der Waals surface area contributed by atoms with E-state index in [1.54, 1.807) is 31.2 Å². The molecule has 35 heavy (non-hydrogen) atoms. The third kappa shape index (κ3) is 6.16. The average Bonchev–Trinajstić information content (AvgIpc) is 3.23. The number of hydrogen-bond acceptors (Lipinski definition) is 5. The maximum Gasteiger partial charge on any atom is 0.241 e. The lowest BCUT2D eigenvalue weighted by Gasteiger charge is -2.18. The molecule has 1 heterocycles. The van der Waals surface area contributed by atoms with Crippen LogP contribution in [0.3, 0.4) is 0 Å². The summed E-state index contributed by atoms with van der Waals surface area (Å²) in [5.74, 6) is 1.17. The summed E-state index contributed by atoms with van der Waals surface area (Å²) in [7, 11) is -3.78. The fraction of sp³-hybridized carbons (Fsp3) is 0.200. The zero-order valence-corrected chi connectivity index (χ0v) is 23.3. The summed E-state index contributed by atoms with van der Waals surface area (Å²) in [6.45, 7) is 5.79. The van der Waals surface area contributed by atoms with Crippen LogP contribution in [0.1, 0.15) is 35.5 Å². The van der Waals surface area contributed by atoms with Crippen molar-refractivity contribution in [3.05, 3.63) is 98.7 Å². The zero-order valence-electron chi connectivity index (χ0n) is 19.4. The van der Waals surface area contributed by atoms with Gasteiger partial charge in [-0.2, -0.15) is 0 Å². The molecule has 0 saturated heterocycles. The van der Waals surface area contributed by atoms with Gasteiger partial charge in [0.05, 0.1) is 16.6 Å². The highest BCUT2D eigenvalue weighted by molar-refractivity contribution is 9.10. The third-order valence-corrected chi connectivity index (χ3v) is 8.68. The standard InChI is InChI=1S/C25H24BrClN4O2S2/c1-16-5-4-6-19(13-16)15-34-25-29-28-24(31(25)23-14-21(27)10-7-17(23)2)18(3)30-35(32,33)22-11-8-20(26)9-12-22/h4-14,18,30H,15H2,1-3H3. The van der Waals surface area contributed by atoms with Gasteiger partial charge in [0.2, 0.25) is 10.0 Å². The molecule has 0 spiro atoms. The molecule has 1 aromatic heterocycles. The molecule has 182 valence electrons. The molecule has 4 aromatic rings. The van der Waals surface area contributed by atoms with E-state index in [-0.39, 0.29) is 4.90 Å². The predicted molar refractivity (Wildman–Crippen MR) is 145 cm³/mol. The van der Waals surface area contributed by atoms with Crippen molar-refractivity contribution < 1.29 is 8.42 Å². The Balaban J connectivity index is 1.70. The van der Waals surface area contributed by atoms with Gasteiger partial charge in [-0.1, -0.05) is 75.2 Å². The number of aromatic nitrogens is 3. The summed E-state index contributed by atoms with van der Waals surface area (Å²) in [5.41, 5.74) is 4.12. The van der Waals surface area contributed by atoms with Crippen LogP contribution in [-0.4, -0.2) is 23.2 Å². The molecule has 0 bridgehead atoms. The molecule has 0 aliphatic rings. The Hall–Kier alpha value is -2.17. The number of sulfonamides is 1. The van der Waals surface area contributed by atoms with Crippen molar-refractivity contribution in [1.29, 1.82) is 0 Å². The Morgan fingerprint density at radius 3 is 2.51 bits per heavy atom. The van der Waals surface area contributed by atoms with Gasteiger partial charge < -0.3 is 0 Å². The minimum atomic E-state index is -3.78. The molecule has 0 amide bonds. The summed E-state index contributed by atoms with van der Waals surface area (Å²) >= 11 is 11.2. The van der Waals surface area contributed by atoms with Crippen molar-refractivity contribution in [3.8, 4) is 5.69 Å². The van der Waals surface area contributed by atoms with Gasteiger partial charge in [-0.05, 0) is 68.3 Å². The molecule has 0 saturated carbocycles. The largest absolute Gasteiger partial charge is 0.272 e. The van der Waals surface area contributed by atoms with Crippen LogP contribution >= 0.6 is 39.3 Å². The molecule has 4 rings (SSSR count). The van der Waals surface area contributed by atoms with Crippen molar-refractivity contribution in [2.75, 3.05) is 0 Å². The van der Waals surface area contributed by atoms with Crippen molar-refractivity contribution >= 4 is 49.3 Å². The predicted octanol–water partition coefficient (Wildman–Crippen LogP) is 6.63. The van der Waals surface area contributed by atoms with Crippen LogP contribution in [0.5, 0.6) is 0 Å². The van der Waals surface area contributed by atoms with Crippen LogP contribution in [0.2, 0.25) is 5.02 Å². The minimum absolute atomic E-state index is 0.173. The van der Waals surface area contributed by atoms with E-state index in [0.29, 0.717) is 21.8 Å². The van der Waals surface area contributed by atoms with Gasteiger partial charge in [0.15, 0.2) is 11.0 Å². The van der Waals surface area contributed by atoms with E-state index in [2.05, 4.69) is 56.0 Å². The lowest BCUT2D eigenvalue weighted by atomic mass is 10.2. The Morgan fingerprint density at radius 1 is 1.06 bits per heavy atom. The van der Waals surface area contributed by atoms with Crippen molar-refractivity contribution in [2.24, 2.45) is 0 Å². The van der Waals surface area contributed by atoms with Gasteiger partial charge in [-0.25, -0.2) is 13.1 Å². The monoisotopic (exact) mass is 590 g/mol. The number of hydrogen-bond donors (Lipinski definition) is 1. The van der Waals surface area contributed by atoms with E-state index in [4.69, 9.17) is 11.6 Å². The highest BCUT2D eigenvalue weighted by atomic mass is 79.9. The van der Waals surface area contributed by atoms with E-state index in [1.165, 1.54) is 17.3 Å². The first-order chi connectivity index (χ1) is 16.6. The van der Waals surface area contributed by atoms with Crippen molar-refractivity contribution in [2.45, 2.75) is 42.6 Å². The van der Waals surface area contributed by atoms with E-state index < -0.39 is 16.1 Å². The molecule has 0 fully saturated rings. The number of thioether (sulfide) groups is 1. The van der Waals surface area contributed by atoms with Crippen molar-refractivity contribution in [3.63, 3.8) is 0 Å². The number of nitrogens with one attached hydrogen (secondary N) is 1. The molecule has 1 N–H and O–H groups in total. The molecule has 1 atom stereocenters. The molecular formula is C25H24BrClN4O2S2. The first-order valence-electron chi connectivity index (χ1n) is 10.8. The summed E-state index contributed by atoms with van der Waals surface area (Å²) in [5, 5.41) is 10.1. The molecule has 0 aliphatic carbocycles.